The van der Waals surface area contributed by atoms with E-state index in [0.717, 1.165) is 0 Å². The van der Waals surface area contributed by atoms with Gasteiger partial charge in [-0.3, -0.25) is 0 Å². The third-order valence-electron chi connectivity index (χ3n) is 0.940. The second-order valence-corrected chi connectivity index (χ2v) is 1.90. The topological polar surface area (TPSA) is 52.3 Å². The van der Waals surface area contributed by atoms with Crippen LogP contribution in [0.4, 0.5) is 13.2 Å². The zero-order valence-electron chi connectivity index (χ0n) is 6.15. The highest BCUT2D eigenvalue weighted by Gasteiger charge is 2.37. The van der Waals surface area contributed by atoms with Gasteiger partial charge < -0.3 is 10.5 Å². The molecule has 3 nitrogen and oxygen atoms in total. The van der Waals surface area contributed by atoms with Crippen LogP contribution in [0, 0.1) is 0 Å². The Morgan fingerprint density at radius 3 is 2.33 bits per heavy atom. The van der Waals surface area contributed by atoms with Gasteiger partial charge in [0.25, 0.3) is 0 Å². The maximum Gasteiger partial charge on any atom is 0.422 e. The molecule has 0 rings (SSSR count). The van der Waals surface area contributed by atoms with Crippen molar-refractivity contribution in [3.63, 3.8) is 0 Å². The summed E-state index contributed by atoms with van der Waals surface area (Å²) in [5.41, 5.74) is 3.38. The van der Waals surface area contributed by atoms with Crippen LogP contribution in [-0.2, 0) is 9.53 Å². The first-order valence-electron chi connectivity index (χ1n) is 3.03. The van der Waals surface area contributed by atoms with Crippen LogP contribution in [0.25, 0.3) is 0 Å². The van der Waals surface area contributed by atoms with Crippen LogP contribution in [0.2, 0.25) is 0 Å². The highest BCUT2D eigenvalue weighted by molar-refractivity contribution is 5.89. The summed E-state index contributed by atoms with van der Waals surface area (Å²) < 4.78 is 39.2. The Hall–Kier alpha value is -1.04. The molecule has 0 aliphatic carbocycles. The highest BCUT2D eigenvalue weighted by Crippen LogP contribution is 2.24. The van der Waals surface area contributed by atoms with Gasteiger partial charge in [0.15, 0.2) is 0 Å². The van der Waals surface area contributed by atoms with Gasteiger partial charge >= 0.3 is 12.1 Å². The molecule has 12 heavy (non-hydrogen) atoms. The van der Waals surface area contributed by atoms with E-state index < -0.39 is 17.7 Å². The lowest BCUT2D eigenvalue weighted by Crippen LogP contribution is -2.23. The van der Waals surface area contributed by atoms with Crippen molar-refractivity contribution in [2.24, 2.45) is 5.73 Å². The zero-order valence-corrected chi connectivity index (χ0v) is 6.15. The number of esters is 1. The maximum absolute atomic E-state index is 11.7. The van der Waals surface area contributed by atoms with E-state index >= 15 is 0 Å². The molecule has 0 aromatic carbocycles. The van der Waals surface area contributed by atoms with Gasteiger partial charge in [0.2, 0.25) is 0 Å². The lowest BCUT2D eigenvalue weighted by atomic mass is 10.3. The Kier molecular flexibility index (Phi) is 3.75. The molecule has 0 saturated carbocycles. The first-order valence-corrected chi connectivity index (χ1v) is 3.03. The van der Waals surface area contributed by atoms with E-state index in [4.69, 9.17) is 5.73 Å². The number of nitrogens with two attached hydrogens (primary N) is 1. The monoisotopic (exact) mass is 183 g/mol. The van der Waals surface area contributed by atoms with E-state index in [9.17, 15) is 18.0 Å². The van der Waals surface area contributed by atoms with E-state index in [2.05, 4.69) is 11.3 Å². The van der Waals surface area contributed by atoms with Gasteiger partial charge in [-0.15, -0.1) is 0 Å². The normalized spacial score (nSPS) is 11.0. The van der Waals surface area contributed by atoms with Crippen LogP contribution in [0.3, 0.4) is 0 Å². The molecule has 0 bridgehead atoms. The van der Waals surface area contributed by atoms with Crippen LogP contribution >= 0.6 is 0 Å². The molecule has 2 N–H and O–H groups in total. The minimum atomic E-state index is -4.73. The van der Waals surface area contributed by atoms with Crippen molar-refractivity contribution < 1.29 is 22.7 Å². The molecule has 0 amide bonds. The molecule has 0 radical (unpaired) electrons. The summed E-state index contributed by atoms with van der Waals surface area (Å²) in [4.78, 5) is 10.5. The van der Waals surface area contributed by atoms with Crippen molar-refractivity contribution in [2.45, 2.75) is 6.18 Å². The Balaban J connectivity index is 4.04. The molecule has 0 fully saturated rings. The first kappa shape index (κ1) is 11.0. The molecule has 0 aliphatic rings. The number of carbonyl (C=O) groups excluding carboxylic acids is 1. The van der Waals surface area contributed by atoms with Gasteiger partial charge in [0, 0.05) is 6.54 Å². The van der Waals surface area contributed by atoms with Crippen LogP contribution in [0.5, 0.6) is 0 Å². The number of rotatable bonds is 3. The lowest BCUT2D eigenvalue weighted by molar-refractivity contribution is -0.150. The van der Waals surface area contributed by atoms with Crippen LogP contribution in [0.15, 0.2) is 12.2 Å². The fraction of sp³-hybridized carbons (Fsp3) is 0.500. The summed E-state index contributed by atoms with van der Waals surface area (Å²) in [7, 11) is 0. The molecule has 0 aromatic rings. The summed E-state index contributed by atoms with van der Waals surface area (Å²) in [6.45, 7) is 2.28. The van der Waals surface area contributed by atoms with Gasteiger partial charge in [-0.1, -0.05) is 6.58 Å². The minimum absolute atomic E-state index is 0.0170. The van der Waals surface area contributed by atoms with Gasteiger partial charge in [-0.05, 0) is 0 Å². The fourth-order valence-corrected chi connectivity index (χ4v) is 0.354. The molecule has 0 atom stereocenters. The van der Waals surface area contributed by atoms with E-state index in [1.165, 1.54) is 0 Å². The Labute approximate surface area is 67.0 Å². The van der Waals surface area contributed by atoms with Crippen molar-refractivity contribution in [3.05, 3.63) is 12.2 Å². The minimum Gasteiger partial charge on any atom is -0.461 e. The maximum atomic E-state index is 11.7. The van der Waals surface area contributed by atoms with Crippen molar-refractivity contribution in [1.82, 2.24) is 0 Å². The van der Waals surface area contributed by atoms with Crippen LogP contribution in [0.1, 0.15) is 0 Å². The molecule has 0 aliphatic heterocycles. The molecule has 0 saturated heterocycles. The van der Waals surface area contributed by atoms with E-state index in [1.54, 1.807) is 0 Å². The molecule has 0 aromatic heterocycles. The van der Waals surface area contributed by atoms with Crippen molar-refractivity contribution in [2.75, 3.05) is 13.2 Å². The number of hydrogen-bond acceptors (Lipinski definition) is 3. The van der Waals surface area contributed by atoms with E-state index in [0.29, 0.717) is 0 Å². The Bertz CT molecular complexity index is 188. The molecule has 0 spiro atoms. The standard InChI is InChI=1S/C6H8F3NO2/c1-4(6(7,8)9)5(11)12-3-2-10/h1-3,10H2. The second kappa shape index (κ2) is 4.10. The first-order chi connectivity index (χ1) is 5.39. The van der Waals surface area contributed by atoms with Crippen molar-refractivity contribution in [3.8, 4) is 0 Å². The molecule has 70 valence electrons. The van der Waals surface area contributed by atoms with E-state index in [-0.39, 0.29) is 13.2 Å². The van der Waals surface area contributed by atoms with E-state index in [1.807, 2.05) is 0 Å². The van der Waals surface area contributed by atoms with Crippen LogP contribution < -0.4 is 5.73 Å². The van der Waals surface area contributed by atoms with Crippen LogP contribution in [-0.4, -0.2) is 25.3 Å². The summed E-state index contributed by atoms with van der Waals surface area (Å²) in [5, 5.41) is 0. The summed E-state index contributed by atoms with van der Waals surface area (Å²) in [6, 6.07) is 0. The van der Waals surface area contributed by atoms with Gasteiger partial charge in [-0.2, -0.15) is 13.2 Å². The smallest absolute Gasteiger partial charge is 0.422 e. The largest absolute Gasteiger partial charge is 0.461 e. The Morgan fingerprint density at radius 2 is 2.00 bits per heavy atom. The highest BCUT2D eigenvalue weighted by atomic mass is 19.4. The number of carbonyl (C=O) groups is 1. The SMILES string of the molecule is C=C(C(=O)OCCN)C(F)(F)F. The Morgan fingerprint density at radius 1 is 1.50 bits per heavy atom. The second-order valence-electron chi connectivity index (χ2n) is 1.90. The molecule has 0 heterocycles. The average molecular weight is 183 g/mol. The van der Waals surface area contributed by atoms with Crippen molar-refractivity contribution >= 4 is 5.97 Å². The molecule has 0 unspecified atom stereocenters. The van der Waals surface area contributed by atoms with Gasteiger partial charge in [0.05, 0.1) is 0 Å². The third-order valence-corrected chi connectivity index (χ3v) is 0.940. The molecular weight excluding hydrogens is 175 g/mol. The fourth-order valence-electron chi connectivity index (χ4n) is 0.354. The predicted molar refractivity (Wildman–Crippen MR) is 35.2 cm³/mol. The molecule has 6 heteroatoms. The predicted octanol–water partition coefficient (Wildman–Crippen LogP) is 0.607. The summed E-state index contributed by atoms with van der Waals surface area (Å²) in [6.07, 6.45) is -4.73. The molecular formula is C6H8F3NO2. The summed E-state index contributed by atoms with van der Waals surface area (Å²) in [5.74, 6) is -1.48. The lowest BCUT2D eigenvalue weighted by Gasteiger charge is -2.08. The quantitative estimate of drug-likeness (QED) is 0.515. The number of ether oxygens (including phenoxy) is 1. The number of hydrogen-bond donors (Lipinski definition) is 1. The van der Waals surface area contributed by atoms with Crippen molar-refractivity contribution in [1.29, 1.82) is 0 Å². The zero-order chi connectivity index (χ0) is 9.78. The van der Waals surface area contributed by atoms with Gasteiger partial charge in [0.1, 0.15) is 12.2 Å². The number of halogens is 3. The van der Waals surface area contributed by atoms with Gasteiger partial charge in [-0.25, -0.2) is 4.79 Å². The summed E-state index contributed by atoms with van der Waals surface area (Å²) >= 11 is 0. The average Bonchev–Trinajstić information content (AvgIpc) is 1.97. The third kappa shape index (κ3) is 3.38. The number of alkyl halides is 3.